The van der Waals surface area contributed by atoms with Gasteiger partial charge in [0.15, 0.2) is 15.7 Å². The summed E-state index contributed by atoms with van der Waals surface area (Å²) >= 11 is 0. The van der Waals surface area contributed by atoms with E-state index in [-0.39, 0.29) is 23.6 Å². The van der Waals surface area contributed by atoms with Crippen molar-refractivity contribution >= 4 is 27.4 Å². The maximum Gasteiger partial charge on any atom is 0.319 e. The number of anilines is 2. The third-order valence-electron chi connectivity index (χ3n) is 5.48. The van der Waals surface area contributed by atoms with Crippen molar-refractivity contribution in [3.8, 4) is 11.4 Å². The number of nitrogens with zero attached hydrogens (tertiary/aromatic N) is 4. The van der Waals surface area contributed by atoms with Crippen molar-refractivity contribution in [2.24, 2.45) is 0 Å². The molecule has 1 fully saturated rings. The Hall–Kier alpha value is -2.76. The molecule has 0 spiro atoms. The molecule has 186 valence electrons. The van der Waals surface area contributed by atoms with Gasteiger partial charge in [-0.25, -0.2) is 23.2 Å². The predicted molar refractivity (Wildman–Crippen MR) is 134 cm³/mol. The van der Waals surface area contributed by atoms with Crippen LogP contribution in [0.3, 0.4) is 0 Å². The second-order valence-electron chi connectivity index (χ2n) is 8.60. The molecule has 10 nitrogen and oxygen atoms in total. The molecular weight excluding hydrogens is 456 g/mol. The third-order valence-corrected chi connectivity index (χ3v) is 7.10. The Morgan fingerprint density at radius 1 is 1.24 bits per heavy atom. The highest BCUT2D eigenvalue weighted by molar-refractivity contribution is 7.90. The average molecular weight is 491 g/mol. The van der Waals surface area contributed by atoms with Crippen LogP contribution in [0.5, 0.6) is 0 Å². The van der Waals surface area contributed by atoms with E-state index in [1.165, 1.54) is 0 Å². The lowest BCUT2D eigenvalue weighted by atomic mass is 10.2. The van der Waals surface area contributed by atoms with Gasteiger partial charge >= 0.3 is 6.03 Å². The van der Waals surface area contributed by atoms with Crippen LogP contribution in [0.25, 0.3) is 11.4 Å². The van der Waals surface area contributed by atoms with Crippen molar-refractivity contribution < 1.29 is 17.9 Å². The first kappa shape index (κ1) is 25.9. The van der Waals surface area contributed by atoms with Crippen LogP contribution in [0, 0.1) is 0 Å². The van der Waals surface area contributed by atoms with Gasteiger partial charge in [-0.3, -0.25) is 0 Å². The molecule has 2 aromatic rings. The van der Waals surface area contributed by atoms with E-state index < -0.39 is 9.84 Å². The molecule has 3 rings (SSSR count). The minimum absolute atomic E-state index is 0.0482. The molecule has 2 amide bonds. The van der Waals surface area contributed by atoms with Gasteiger partial charge in [0.1, 0.15) is 5.82 Å². The summed E-state index contributed by atoms with van der Waals surface area (Å²) in [7, 11) is 0.628. The lowest BCUT2D eigenvalue weighted by Crippen LogP contribution is -2.44. The maximum atomic E-state index is 12.3. The van der Waals surface area contributed by atoms with Gasteiger partial charge in [0.2, 0.25) is 0 Å². The van der Waals surface area contributed by atoms with Gasteiger partial charge in [-0.05, 0) is 45.3 Å². The third kappa shape index (κ3) is 7.37. The number of ether oxygens (including phenoxy) is 1. The molecule has 0 unspecified atom stereocenters. The Morgan fingerprint density at radius 2 is 1.97 bits per heavy atom. The quantitative estimate of drug-likeness (QED) is 0.548. The zero-order valence-corrected chi connectivity index (χ0v) is 21.1. The van der Waals surface area contributed by atoms with E-state index in [0.29, 0.717) is 49.3 Å². The van der Waals surface area contributed by atoms with E-state index >= 15 is 0 Å². The number of rotatable bonds is 9. The zero-order chi connectivity index (χ0) is 24.7. The van der Waals surface area contributed by atoms with Crippen LogP contribution < -0.4 is 15.5 Å². The topological polar surface area (TPSA) is 117 Å². The van der Waals surface area contributed by atoms with Gasteiger partial charge in [-0.2, -0.15) is 0 Å². The number of nitrogens with one attached hydrogen (secondary N) is 2. The van der Waals surface area contributed by atoms with Crippen LogP contribution in [0.4, 0.5) is 16.3 Å². The fourth-order valence-corrected chi connectivity index (χ4v) is 4.30. The van der Waals surface area contributed by atoms with Gasteiger partial charge in [-0.15, -0.1) is 0 Å². The van der Waals surface area contributed by atoms with Crippen LogP contribution in [-0.4, -0.2) is 88.1 Å². The second-order valence-corrected chi connectivity index (χ2v) is 10.9. The normalized spacial score (nSPS) is 16.5. The van der Waals surface area contributed by atoms with Crippen molar-refractivity contribution in [3.05, 3.63) is 36.0 Å². The molecule has 1 aliphatic rings. The Balaban J connectivity index is 1.83. The number of sulfone groups is 1. The Morgan fingerprint density at radius 3 is 2.62 bits per heavy atom. The molecule has 1 aromatic heterocycles. The molecule has 34 heavy (non-hydrogen) atoms. The number of likely N-dealkylation sites (N-methyl/N-ethyl adjacent to an activating group) is 1. The van der Waals surface area contributed by atoms with E-state index in [2.05, 4.69) is 20.5 Å². The summed E-state index contributed by atoms with van der Waals surface area (Å²) in [5.41, 5.74) is 1.83. The van der Waals surface area contributed by atoms with Gasteiger partial charge in [-0.1, -0.05) is 6.92 Å². The van der Waals surface area contributed by atoms with Gasteiger partial charge in [0.05, 0.1) is 30.7 Å². The fourth-order valence-electron chi connectivity index (χ4n) is 3.50. The highest BCUT2D eigenvalue weighted by Gasteiger charge is 2.23. The van der Waals surface area contributed by atoms with Crippen LogP contribution >= 0.6 is 0 Å². The molecule has 0 saturated carbocycles. The summed E-state index contributed by atoms with van der Waals surface area (Å²) in [6, 6.07) is 8.77. The molecule has 0 bridgehead atoms. The minimum Gasteiger partial charge on any atom is -0.377 e. The second kappa shape index (κ2) is 11.6. The lowest BCUT2D eigenvalue weighted by Gasteiger charge is -2.34. The highest BCUT2D eigenvalue weighted by atomic mass is 32.2. The van der Waals surface area contributed by atoms with Crippen LogP contribution in [0.1, 0.15) is 19.5 Å². The number of hydrogen-bond acceptors (Lipinski definition) is 8. The first-order valence-electron chi connectivity index (χ1n) is 11.4. The SMILES string of the molecule is CCS(=O)(=O)Cc1cc(N2CCOC[C@@H]2C)nc(-c2ccc(NC(=O)NCCN(C)C)cc2)n1. The molecule has 1 aliphatic heterocycles. The van der Waals surface area contributed by atoms with Gasteiger partial charge < -0.3 is 25.2 Å². The van der Waals surface area contributed by atoms with Crippen LogP contribution in [0.15, 0.2) is 30.3 Å². The summed E-state index contributed by atoms with van der Waals surface area (Å²) in [4.78, 5) is 25.5. The lowest BCUT2D eigenvalue weighted by molar-refractivity contribution is 0.0985. The highest BCUT2D eigenvalue weighted by Crippen LogP contribution is 2.25. The molecular formula is C23H34N6O4S. The first-order valence-corrected chi connectivity index (χ1v) is 13.2. The number of amides is 2. The molecule has 2 heterocycles. The number of carbonyl (C=O) groups is 1. The smallest absolute Gasteiger partial charge is 0.319 e. The minimum atomic E-state index is -3.26. The number of aromatic nitrogens is 2. The summed E-state index contributed by atoms with van der Waals surface area (Å²) in [5, 5.41) is 5.60. The molecule has 0 aliphatic carbocycles. The van der Waals surface area contributed by atoms with E-state index in [9.17, 15) is 13.2 Å². The monoisotopic (exact) mass is 490 g/mol. The predicted octanol–water partition coefficient (Wildman–Crippen LogP) is 1.99. The summed E-state index contributed by atoms with van der Waals surface area (Å²) in [5.74, 6) is 1.04. The number of carbonyl (C=O) groups excluding carboxylic acids is 1. The molecule has 2 N–H and O–H groups in total. The van der Waals surface area contributed by atoms with E-state index in [0.717, 1.165) is 12.1 Å². The van der Waals surface area contributed by atoms with E-state index in [4.69, 9.17) is 9.72 Å². The Labute approximate surface area is 201 Å². The molecule has 1 atom stereocenters. The van der Waals surface area contributed by atoms with Crippen molar-refractivity contribution in [1.82, 2.24) is 20.2 Å². The summed E-state index contributed by atoms with van der Waals surface area (Å²) in [6.45, 7) is 6.81. The van der Waals surface area contributed by atoms with Crippen molar-refractivity contribution in [2.75, 3.05) is 62.9 Å². The number of morpholine rings is 1. The number of urea groups is 1. The average Bonchev–Trinajstić information content (AvgIpc) is 2.79. The zero-order valence-electron chi connectivity index (χ0n) is 20.2. The number of hydrogen-bond donors (Lipinski definition) is 2. The van der Waals surface area contributed by atoms with Crippen LogP contribution in [0.2, 0.25) is 0 Å². The first-order chi connectivity index (χ1) is 16.2. The van der Waals surface area contributed by atoms with Crippen molar-refractivity contribution in [1.29, 1.82) is 0 Å². The summed E-state index contributed by atoms with van der Waals surface area (Å²) < 4.78 is 30.1. The largest absolute Gasteiger partial charge is 0.377 e. The van der Waals surface area contributed by atoms with Crippen molar-refractivity contribution in [2.45, 2.75) is 25.6 Å². The van der Waals surface area contributed by atoms with Gasteiger partial charge in [0.25, 0.3) is 0 Å². The fraction of sp³-hybridized carbons (Fsp3) is 0.522. The Kier molecular flexibility index (Phi) is 8.81. The maximum absolute atomic E-state index is 12.3. The van der Waals surface area contributed by atoms with Gasteiger partial charge in [0, 0.05) is 42.7 Å². The standard InChI is InChI=1S/C23H34N6O4S/c1-5-34(31,32)16-20-14-21(29-12-13-33-15-17(29)2)27-22(25-20)18-6-8-19(9-7-18)26-23(30)24-10-11-28(3)4/h6-9,14,17H,5,10-13,15-16H2,1-4H3,(H2,24,26,30)/t17-/m0/s1. The molecule has 11 heteroatoms. The molecule has 1 aromatic carbocycles. The molecule has 0 radical (unpaired) electrons. The van der Waals surface area contributed by atoms with Crippen LogP contribution in [-0.2, 0) is 20.3 Å². The van der Waals surface area contributed by atoms with E-state index in [1.807, 2.05) is 38.1 Å². The van der Waals surface area contributed by atoms with E-state index in [1.54, 1.807) is 25.1 Å². The molecule has 1 saturated heterocycles. The number of benzene rings is 1. The van der Waals surface area contributed by atoms with Crippen molar-refractivity contribution in [3.63, 3.8) is 0 Å². The Bertz CT molecular complexity index is 1080. The summed E-state index contributed by atoms with van der Waals surface area (Å²) in [6.07, 6.45) is 0.